The molecule has 0 bridgehead atoms. The minimum atomic E-state index is -0.481. The Hall–Kier alpha value is -3.35. The maximum atomic E-state index is 12.8. The molecule has 7 heteroatoms. The quantitative estimate of drug-likeness (QED) is 0.753. The largest absolute Gasteiger partial charge is 0.492 e. The zero-order valence-electron chi connectivity index (χ0n) is 16.6. The Kier molecular flexibility index (Phi) is 6.49. The van der Waals surface area contributed by atoms with Crippen LogP contribution in [0.5, 0.6) is 5.75 Å². The van der Waals surface area contributed by atoms with Gasteiger partial charge in [0.05, 0.1) is 24.6 Å². The smallest absolute Gasteiger partial charge is 0.229 e. The fourth-order valence-corrected chi connectivity index (χ4v) is 3.37. The van der Waals surface area contributed by atoms with Crippen molar-refractivity contribution in [2.24, 2.45) is 5.92 Å². The molecule has 1 aliphatic rings. The van der Waals surface area contributed by atoms with Gasteiger partial charge in [-0.15, -0.1) is 0 Å². The standard InChI is InChI=1S/C22H25N3O4/c1-3-29-19-11-7-6-10-18(19)25-14-16(13-21(25)27)22(28)24-17-9-5-4-8-15(17)12-20(26)23-2/h4-11,16H,3,12-14H2,1-2H3,(H,23,26)(H,24,28). The van der Waals surface area contributed by atoms with E-state index in [1.165, 1.54) is 0 Å². The van der Waals surface area contributed by atoms with Crippen LogP contribution >= 0.6 is 0 Å². The van der Waals surface area contributed by atoms with Crippen molar-refractivity contribution in [1.82, 2.24) is 5.32 Å². The summed E-state index contributed by atoms with van der Waals surface area (Å²) in [7, 11) is 1.57. The lowest BCUT2D eigenvalue weighted by Gasteiger charge is -2.20. The molecule has 0 saturated carbocycles. The van der Waals surface area contributed by atoms with Crippen molar-refractivity contribution in [3.63, 3.8) is 0 Å². The number of nitrogens with zero attached hydrogens (tertiary/aromatic N) is 1. The van der Waals surface area contributed by atoms with Crippen molar-refractivity contribution >= 4 is 29.1 Å². The Labute approximate surface area is 170 Å². The number of carbonyl (C=O) groups is 3. The van der Waals surface area contributed by atoms with Crippen molar-refractivity contribution in [3.8, 4) is 5.75 Å². The van der Waals surface area contributed by atoms with E-state index in [1.807, 2.05) is 37.3 Å². The van der Waals surface area contributed by atoms with E-state index in [-0.39, 0.29) is 37.1 Å². The molecule has 1 heterocycles. The molecule has 3 amide bonds. The van der Waals surface area contributed by atoms with Crippen molar-refractivity contribution in [3.05, 3.63) is 54.1 Å². The summed E-state index contributed by atoms with van der Waals surface area (Å²) in [5, 5.41) is 5.46. The second kappa shape index (κ2) is 9.23. The summed E-state index contributed by atoms with van der Waals surface area (Å²) in [5.74, 6) is -0.345. The van der Waals surface area contributed by atoms with Crippen LogP contribution in [-0.2, 0) is 20.8 Å². The predicted molar refractivity (Wildman–Crippen MR) is 111 cm³/mol. The summed E-state index contributed by atoms with van der Waals surface area (Å²) in [4.78, 5) is 38.7. The first-order valence-corrected chi connectivity index (χ1v) is 9.65. The summed E-state index contributed by atoms with van der Waals surface area (Å²) < 4.78 is 5.62. The number of nitrogens with one attached hydrogen (secondary N) is 2. The SMILES string of the molecule is CCOc1ccccc1N1CC(C(=O)Nc2ccccc2CC(=O)NC)CC1=O. The van der Waals surface area contributed by atoms with Crippen LogP contribution in [0.4, 0.5) is 11.4 Å². The molecule has 7 nitrogen and oxygen atoms in total. The number of rotatable bonds is 7. The van der Waals surface area contributed by atoms with E-state index in [0.29, 0.717) is 23.7 Å². The number of carbonyl (C=O) groups excluding carboxylic acids is 3. The lowest BCUT2D eigenvalue weighted by Crippen LogP contribution is -2.29. The number of anilines is 2. The molecule has 1 saturated heterocycles. The van der Waals surface area contributed by atoms with Gasteiger partial charge in [-0.25, -0.2) is 0 Å². The van der Waals surface area contributed by atoms with E-state index < -0.39 is 5.92 Å². The van der Waals surface area contributed by atoms with E-state index in [0.717, 1.165) is 5.56 Å². The summed E-state index contributed by atoms with van der Waals surface area (Å²) in [5.41, 5.74) is 1.99. The van der Waals surface area contributed by atoms with Crippen LogP contribution in [0.3, 0.4) is 0 Å². The van der Waals surface area contributed by atoms with Gasteiger partial charge >= 0.3 is 0 Å². The van der Waals surface area contributed by atoms with E-state index >= 15 is 0 Å². The first-order chi connectivity index (χ1) is 14.0. The molecule has 1 unspecified atom stereocenters. The van der Waals surface area contributed by atoms with Gasteiger partial charge in [-0.05, 0) is 30.7 Å². The van der Waals surface area contributed by atoms with E-state index in [4.69, 9.17) is 4.74 Å². The molecule has 0 aliphatic carbocycles. The Morgan fingerprint density at radius 1 is 1.14 bits per heavy atom. The molecule has 1 fully saturated rings. The van der Waals surface area contributed by atoms with Gasteiger partial charge < -0.3 is 20.3 Å². The molecule has 29 heavy (non-hydrogen) atoms. The number of para-hydroxylation sites is 3. The van der Waals surface area contributed by atoms with E-state index in [2.05, 4.69) is 10.6 Å². The van der Waals surface area contributed by atoms with Crippen LogP contribution in [0.15, 0.2) is 48.5 Å². The summed E-state index contributed by atoms with van der Waals surface area (Å²) in [6, 6.07) is 14.5. The number of hydrogen-bond acceptors (Lipinski definition) is 4. The van der Waals surface area contributed by atoms with Crippen LogP contribution in [0.25, 0.3) is 0 Å². The third-order valence-electron chi connectivity index (χ3n) is 4.86. The second-order valence-electron chi connectivity index (χ2n) is 6.80. The van der Waals surface area contributed by atoms with Crippen molar-refractivity contribution in [2.75, 3.05) is 30.4 Å². The molecule has 1 aliphatic heterocycles. The van der Waals surface area contributed by atoms with E-state index in [1.54, 1.807) is 30.1 Å². The van der Waals surface area contributed by atoms with Crippen LogP contribution < -0.4 is 20.3 Å². The number of amides is 3. The molecule has 152 valence electrons. The Morgan fingerprint density at radius 3 is 2.62 bits per heavy atom. The predicted octanol–water partition coefficient (Wildman–Crippen LogP) is 2.37. The molecule has 2 aromatic rings. The molecule has 3 rings (SSSR count). The second-order valence-corrected chi connectivity index (χ2v) is 6.80. The Bertz CT molecular complexity index is 912. The highest BCUT2D eigenvalue weighted by atomic mass is 16.5. The fourth-order valence-electron chi connectivity index (χ4n) is 3.37. The molecule has 0 aromatic heterocycles. The van der Waals surface area contributed by atoms with Gasteiger partial charge in [0, 0.05) is 25.7 Å². The lowest BCUT2D eigenvalue weighted by molar-refractivity contribution is -0.122. The highest BCUT2D eigenvalue weighted by Crippen LogP contribution is 2.33. The van der Waals surface area contributed by atoms with Gasteiger partial charge in [0.2, 0.25) is 17.7 Å². The maximum Gasteiger partial charge on any atom is 0.229 e. The topological polar surface area (TPSA) is 87.7 Å². The third kappa shape index (κ3) is 4.74. The summed E-state index contributed by atoms with van der Waals surface area (Å²) in [6.07, 6.45) is 0.300. The van der Waals surface area contributed by atoms with Gasteiger partial charge in [-0.2, -0.15) is 0 Å². The summed E-state index contributed by atoms with van der Waals surface area (Å²) >= 11 is 0. The summed E-state index contributed by atoms with van der Waals surface area (Å²) in [6.45, 7) is 2.66. The van der Waals surface area contributed by atoms with Crippen LogP contribution in [0.1, 0.15) is 18.9 Å². The van der Waals surface area contributed by atoms with Gasteiger partial charge in [0.15, 0.2) is 0 Å². The number of likely N-dealkylation sites (N-methyl/N-ethyl adjacent to an activating group) is 1. The van der Waals surface area contributed by atoms with Crippen molar-refractivity contribution < 1.29 is 19.1 Å². The van der Waals surface area contributed by atoms with E-state index in [9.17, 15) is 14.4 Å². The molecule has 2 aromatic carbocycles. The number of benzene rings is 2. The first-order valence-electron chi connectivity index (χ1n) is 9.65. The molecule has 2 N–H and O–H groups in total. The van der Waals surface area contributed by atoms with Crippen LogP contribution in [0.2, 0.25) is 0 Å². The fraction of sp³-hybridized carbons (Fsp3) is 0.318. The minimum Gasteiger partial charge on any atom is -0.492 e. The molecule has 0 radical (unpaired) electrons. The van der Waals surface area contributed by atoms with Gasteiger partial charge in [0.25, 0.3) is 0 Å². The molecule has 0 spiro atoms. The van der Waals surface area contributed by atoms with Crippen molar-refractivity contribution in [1.29, 1.82) is 0 Å². The highest BCUT2D eigenvalue weighted by molar-refractivity contribution is 6.04. The minimum absolute atomic E-state index is 0.115. The monoisotopic (exact) mass is 395 g/mol. The zero-order chi connectivity index (χ0) is 20.8. The Balaban J connectivity index is 1.73. The third-order valence-corrected chi connectivity index (χ3v) is 4.86. The number of hydrogen-bond donors (Lipinski definition) is 2. The number of ether oxygens (including phenoxy) is 1. The zero-order valence-corrected chi connectivity index (χ0v) is 16.6. The molecule has 1 atom stereocenters. The average Bonchev–Trinajstić information content (AvgIpc) is 3.11. The first kappa shape index (κ1) is 20.4. The molecular weight excluding hydrogens is 370 g/mol. The van der Waals surface area contributed by atoms with Crippen LogP contribution in [0, 0.1) is 5.92 Å². The normalized spacial score (nSPS) is 15.9. The highest BCUT2D eigenvalue weighted by Gasteiger charge is 2.36. The Morgan fingerprint density at radius 2 is 1.86 bits per heavy atom. The van der Waals surface area contributed by atoms with Gasteiger partial charge in [-0.1, -0.05) is 30.3 Å². The average molecular weight is 395 g/mol. The van der Waals surface area contributed by atoms with Crippen LogP contribution in [-0.4, -0.2) is 37.9 Å². The van der Waals surface area contributed by atoms with Crippen molar-refractivity contribution in [2.45, 2.75) is 19.8 Å². The van der Waals surface area contributed by atoms with Gasteiger partial charge in [-0.3, -0.25) is 14.4 Å². The molecular formula is C22H25N3O4. The maximum absolute atomic E-state index is 12.8. The van der Waals surface area contributed by atoms with Gasteiger partial charge in [0.1, 0.15) is 5.75 Å². The lowest BCUT2D eigenvalue weighted by atomic mass is 10.1.